The number of carboxylic acids is 1. The Labute approximate surface area is 126 Å². The fourth-order valence-electron chi connectivity index (χ4n) is 2.10. The molecule has 6 heteroatoms. The number of amides is 1. The van der Waals surface area contributed by atoms with Crippen molar-refractivity contribution in [3.8, 4) is 0 Å². The van der Waals surface area contributed by atoms with Gasteiger partial charge in [0, 0.05) is 23.6 Å². The highest BCUT2D eigenvalue weighted by atomic mass is 35.5. The first-order valence-corrected chi connectivity index (χ1v) is 6.86. The number of aliphatic carboxylic acids is 1. The van der Waals surface area contributed by atoms with E-state index in [9.17, 15) is 14.4 Å². The lowest BCUT2D eigenvalue weighted by molar-refractivity contribution is -0.140. The number of halogens is 1. The van der Waals surface area contributed by atoms with E-state index in [2.05, 4.69) is 0 Å². The number of ketones is 1. The number of nitrogens with zero attached hydrogens (tertiary/aromatic N) is 1. The number of benzene rings is 1. The number of carbonyl (C=O) groups is 3. The van der Waals surface area contributed by atoms with Crippen LogP contribution in [0.2, 0.25) is 5.02 Å². The zero-order valence-corrected chi connectivity index (χ0v) is 12.0. The van der Waals surface area contributed by atoms with Gasteiger partial charge in [-0.05, 0) is 30.2 Å². The van der Waals surface area contributed by atoms with Gasteiger partial charge in [0.25, 0.3) is 5.91 Å². The summed E-state index contributed by atoms with van der Waals surface area (Å²) in [7, 11) is 0. The van der Waals surface area contributed by atoms with Crippen LogP contribution in [-0.4, -0.2) is 40.8 Å². The van der Waals surface area contributed by atoms with Crippen LogP contribution in [0.15, 0.2) is 29.8 Å². The minimum atomic E-state index is -0.912. The summed E-state index contributed by atoms with van der Waals surface area (Å²) in [5.41, 5.74) is 1.21. The highest BCUT2D eigenvalue weighted by molar-refractivity contribution is 6.46. The molecule has 110 valence electrons. The summed E-state index contributed by atoms with van der Waals surface area (Å²) in [4.78, 5) is 35.5. The standard InChI is InChI=1S/C15H14ClNO4/c16-12-5-3-10(4-6-12)8-11-9-17(15(21)14(11)20)7-1-2-13(18)19/h3-6,8H,1-2,7,9H2,(H,18,19). The minimum absolute atomic E-state index is 0.0196. The molecule has 21 heavy (non-hydrogen) atoms. The Hall–Kier alpha value is -2.14. The average molecular weight is 308 g/mol. The topological polar surface area (TPSA) is 74.7 Å². The Morgan fingerprint density at radius 3 is 2.57 bits per heavy atom. The smallest absolute Gasteiger partial charge is 0.303 e. The number of rotatable bonds is 5. The first-order valence-electron chi connectivity index (χ1n) is 6.49. The Morgan fingerprint density at radius 2 is 1.95 bits per heavy atom. The number of likely N-dealkylation sites (tertiary alicyclic amines) is 1. The third-order valence-electron chi connectivity index (χ3n) is 3.16. The number of carboxylic acid groups (broad SMARTS) is 1. The molecule has 0 spiro atoms. The van der Waals surface area contributed by atoms with E-state index in [-0.39, 0.29) is 19.5 Å². The van der Waals surface area contributed by atoms with Gasteiger partial charge in [-0.25, -0.2) is 0 Å². The van der Waals surface area contributed by atoms with Crippen molar-refractivity contribution in [2.45, 2.75) is 12.8 Å². The number of hydrogen-bond donors (Lipinski definition) is 1. The first kappa shape index (κ1) is 15.3. The largest absolute Gasteiger partial charge is 0.481 e. The van der Waals surface area contributed by atoms with Crippen molar-refractivity contribution >= 4 is 35.3 Å². The normalized spacial score (nSPS) is 16.8. The van der Waals surface area contributed by atoms with E-state index in [0.717, 1.165) is 5.56 Å². The second kappa shape index (κ2) is 6.54. The molecule has 1 fully saturated rings. The molecule has 1 amide bonds. The lowest BCUT2D eigenvalue weighted by Gasteiger charge is -2.12. The maximum absolute atomic E-state index is 11.9. The molecule has 1 aliphatic rings. The molecule has 0 aromatic heterocycles. The summed E-state index contributed by atoms with van der Waals surface area (Å²) >= 11 is 5.79. The highest BCUT2D eigenvalue weighted by Gasteiger charge is 2.33. The van der Waals surface area contributed by atoms with Gasteiger partial charge in [-0.3, -0.25) is 14.4 Å². The fourth-order valence-corrected chi connectivity index (χ4v) is 2.23. The summed E-state index contributed by atoms with van der Waals surface area (Å²) in [6.45, 7) is 0.495. The predicted octanol–water partition coefficient (Wildman–Crippen LogP) is 2.00. The Kier molecular flexibility index (Phi) is 4.75. The molecule has 5 nitrogen and oxygen atoms in total. The third kappa shape index (κ3) is 3.92. The molecule has 2 rings (SSSR count). The monoisotopic (exact) mass is 307 g/mol. The van der Waals surface area contributed by atoms with Crippen LogP contribution in [0.3, 0.4) is 0 Å². The molecule has 1 aliphatic heterocycles. The van der Waals surface area contributed by atoms with Gasteiger partial charge in [-0.2, -0.15) is 0 Å². The van der Waals surface area contributed by atoms with Gasteiger partial charge in [0.15, 0.2) is 0 Å². The average Bonchev–Trinajstić information content (AvgIpc) is 2.69. The fraction of sp³-hybridized carbons (Fsp3) is 0.267. The second-order valence-electron chi connectivity index (χ2n) is 4.77. The minimum Gasteiger partial charge on any atom is -0.481 e. The maximum Gasteiger partial charge on any atom is 0.303 e. The third-order valence-corrected chi connectivity index (χ3v) is 3.42. The van der Waals surface area contributed by atoms with Crippen LogP contribution in [0.5, 0.6) is 0 Å². The molecule has 1 aromatic rings. The molecule has 1 saturated heterocycles. The zero-order chi connectivity index (χ0) is 15.4. The van der Waals surface area contributed by atoms with Gasteiger partial charge >= 0.3 is 5.97 Å². The van der Waals surface area contributed by atoms with Gasteiger partial charge in [0.1, 0.15) is 0 Å². The van der Waals surface area contributed by atoms with Crippen molar-refractivity contribution < 1.29 is 19.5 Å². The van der Waals surface area contributed by atoms with Crippen LogP contribution in [0.1, 0.15) is 18.4 Å². The summed E-state index contributed by atoms with van der Waals surface area (Å²) in [5, 5.41) is 9.18. The molecule has 0 atom stereocenters. The summed E-state index contributed by atoms with van der Waals surface area (Å²) in [5.74, 6) is -2.01. The first-order chi connectivity index (χ1) is 9.97. The van der Waals surface area contributed by atoms with E-state index in [1.54, 1.807) is 30.3 Å². The van der Waals surface area contributed by atoms with Crippen LogP contribution >= 0.6 is 11.6 Å². The second-order valence-corrected chi connectivity index (χ2v) is 5.21. The summed E-state index contributed by atoms with van der Waals surface area (Å²) in [6.07, 6.45) is 1.98. The summed E-state index contributed by atoms with van der Waals surface area (Å²) < 4.78 is 0. The van der Waals surface area contributed by atoms with Crippen molar-refractivity contribution in [3.63, 3.8) is 0 Å². The Bertz CT molecular complexity index is 607. The summed E-state index contributed by atoms with van der Waals surface area (Å²) in [6, 6.07) is 6.94. The van der Waals surface area contributed by atoms with Crippen LogP contribution in [0.4, 0.5) is 0 Å². The van der Waals surface area contributed by atoms with Crippen LogP contribution < -0.4 is 0 Å². The molecular formula is C15H14ClNO4. The molecule has 0 unspecified atom stereocenters. The van der Waals surface area contributed by atoms with E-state index in [1.165, 1.54) is 4.90 Å². The number of hydrogen-bond acceptors (Lipinski definition) is 3. The van der Waals surface area contributed by atoms with E-state index >= 15 is 0 Å². The number of Topliss-reactive ketones (excluding diaryl/α,β-unsaturated/α-hetero) is 1. The quantitative estimate of drug-likeness (QED) is 0.667. The van der Waals surface area contributed by atoms with Gasteiger partial charge in [-0.15, -0.1) is 0 Å². The molecule has 0 radical (unpaired) electrons. The van der Waals surface area contributed by atoms with E-state index in [0.29, 0.717) is 17.0 Å². The van der Waals surface area contributed by atoms with Crippen LogP contribution in [-0.2, 0) is 14.4 Å². The van der Waals surface area contributed by atoms with E-state index < -0.39 is 17.7 Å². The molecule has 0 bridgehead atoms. The molecule has 0 aliphatic carbocycles. The molecule has 1 aromatic carbocycles. The van der Waals surface area contributed by atoms with Crippen molar-refractivity contribution in [2.24, 2.45) is 0 Å². The lowest BCUT2D eigenvalue weighted by atomic mass is 10.1. The number of carbonyl (C=O) groups excluding carboxylic acids is 2. The molecular weight excluding hydrogens is 294 g/mol. The lowest BCUT2D eigenvalue weighted by Crippen LogP contribution is -2.28. The van der Waals surface area contributed by atoms with E-state index in [4.69, 9.17) is 16.7 Å². The Morgan fingerprint density at radius 1 is 1.29 bits per heavy atom. The molecule has 1 N–H and O–H groups in total. The van der Waals surface area contributed by atoms with Crippen molar-refractivity contribution in [2.75, 3.05) is 13.1 Å². The van der Waals surface area contributed by atoms with Gasteiger partial charge in [0.05, 0.1) is 6.54 Å². The SMILES string of the molecule is O=C(O)CCCN1CC(=Cc2ccc(Cl)cc2)C(=O)C1=O. The van der Waals surface area contributed by atoms with Crippen molar-refractivity contribution in [1.82, 2.24) is 4.90 Å². The maximum atomic E-state index is 11.9. The van der Waals surface area contributed by atoms with Crippen LogP contribution in [0, 0.1) is 0 Å². The zero-order valence-electron chi connectivity index (χ0n) is 11.2. The van der Waals surface area contributed by atoms with Crippen LogP contribution in [0.25, 0.3) is 6.08 Å². The van der Waals surface area contributed by atoms with Gasteiger partial charge in [-0.1, -0.05) is 23.7 Å². The predicted molar refractivity (Wildman–Crippen MR) is 77.9 cm³/mol. The molecule has 1 heterocycles. The van der Waals surface area contributed by atoms with Gasteiger partial charge in [0.2, 0.25) is 5.78 Å². The van der Waals surface area contributed by atoms with E-state index in [1.807, 2.05) is 0 Å². The Balaban J connectivity index is 2.05. The van der Waals surface area contributed by atoms with Crippen molar-refractivity contribution in [3.05, 3.63) is 40.4 Å². The van der Waals surface area contributed by atoms with Gasteiger partial charge < -0.3 is 10.0 Å². The van der Waals surface area contributed by atoms with Crippen molar-refractivity contribution in [1.29, 1.82) is 0 Å². The highest BCUT2D eigenvalue weighted by Crippen LogP contribution is 2.19. The molecule has 0 saturated carbocycles.